The third-order valence-electron chi connectivity index (χ3n) is 5.15. The minimum absolute atomic E-state index is 0.101. The largest absolute Gasteiger partial charge is 0.480 e. The molecule has 0 aliphatic rings. The zero-order valence-electron chi connectivity index (χ0n) is 17.9. The number of halogens is 2. The number of nitro groups is 1. The number of aryl methyl sites for hydroxylation is 1. The first-order valence-electron chi connectivity index (χ1n) is 10.3. The summed E-state index contributed by atoms with van der Waals surface area (Å²) in [5, 5.41) is 20.8. The second kappa shape index (κ2) is 10.5. The standard InChI is InChI=1S/C23H21Br2NO7/c1-3-5-6-18-20(14-9-12(26(30)31)7-8-17(14)33-18)22(29)15-10-16(24)13(4-2)21(25)23(15)32-11-19(27)28/h7-10H,3-6,11H2,1-2H3,(H,27,28). The van der Waals surface area contributed by atoms with E-state index in [0.29, 0.717) is 38.5 Å². The lowest BCUT2D eigenvalue weighted by Gasteiger charge is -2.16. The van der Waals surface area contributed by atoms with Crippen LogP contribution in [0.1, 0.15) is 53.9 Å². The summed E-state index contributed by atoms with van der Waals surface area (Å²) in [5.74, 6) is -1.13. The molecule has 0 saturated carbocycles. The molecule has 0 aliphatic carbocycles. The van der Waals surface area contributed by atoms with Crippen molar-refractivity contribution in [3.63, 3.8) is 0 Å². The van der Waals surface area contributed by atoms with Gasteiger partial charge in [-0.05, 0) is 46.5 Å². The van der Waals surface area contributed by atoms with E-state index in [1.54, 1.807) is 6.07 Å². The van der Waals surface area contributed by atoms with Crippen LogP contribution >= 0.6 is 31.9 Å². The maximum absolute atomic E-state index is 13.9. The Kier molecular flexibility index (Phi) is 7.91. The van der Waals surface area contributed by atoms with E-state index in [9.17, 15) is 19.7 Å². The molecule has 8 nitrogen and oxygen atoms in total. The van der Waals surface area contributed by atoms with Crippen molar-refractivity contribution in [1.29, 1.82) is 0 Å². The quantitative estimate of drug-likeness (QED) is 0.165. The lowest BCUT2D eigenvalue weighted by atomic mass is 9.96. The van der Waals surface area contributed by atoms with Gasteiger partial charge in [0.15, 0.2) is 6.61 Å². The highest BCUT2D eigenvalue weighted by Gasteiger charge is 2.28. The number of non-ortho nitro benzene ring substituents is 1. The predicted molar refractivity (Wildman–Crippen MR) is 129 cm³/mol. The molecule has 0 spiro atoms. The van der Waals surface area contributed by atoms with Gasteiger partial charge in [-0.2, -0.15) is 0 Å². The summed E-state index contributed by atoms with van der Waals surface area (Å²) in [6, 6.07) is 5.72. The number of fused-ring (bicyclic) bond motifs is 1. The number of unbranched alkanes of at least 4 members (excludes halogenated alkanes) is 1. The van der Waals surface area contributed by atoms with Crippen LogP contribution in [0.4, 0.5) is 5.69 Å². The fourth-order valence-electron chi connectivity index (χ4n) is 3.55. The second-order valence-electron chi connectivity index (χ2n) is 7.33. The van der Waals surface area contributed by atoms with Crippen molar-refractivity contribution in [3.05, 3.63) is 65.8 Å². The molecule has 33 heavy (non-hydrogen) atoms. The average molecular weight is 583 g/mol. The molecule has 1 aromatic heterocycles. The number of rotatable bonds is 10. The first kappa shape index (κ1) is 24.9. The summed E-state index contributed by atoms with van der Waals surface area (Å²) in [7, 11) is 0. The van der Waals surface area contributed by atoms with E-state index in [0.717, 1.165) is 18.4 Å². The fourth-order valence-corrected chi connectivity index (χ4v) is 5.35. The van der Waals surface area contributed by atoms with Gasteiger partial charge in [0.05, 0.1) is 20.5 Å². The minimum atomic E-state index is -1.19. The molecule has 1 N–H and O–H groups in total. The van der Waals surface area contributed by atoms with Gasteiger partial charge in [0.25, 0.3) is 5.69 Å². The number of aliphatic carboxylic acids is 1. The van der Waals surface area contributed by atoms with Gasteiger partial charge in [-0.25, -0.2) is 4.79 Å². The smallest absolute Gasteiger partial charge is 0.341 e. The Hall–Kier alpha value is -2.72. The number of carboxylic acid groups (broad SMARTS) is 1. The van der Waals surface area contributed by atoms with E-state index >= 15 is 0 Å². The van der Waals surface area contributed by atoms with Crippen molar-refractivity contribution in [2.45, 2.75) is 39.5 Å². The summed E-state index contributed by atoms with van der Waals surface area (Å²) >= 11 is 6.93. The molecule has 3 rings (SSSR count). The summed E-state index contributed by atoms with van der Waals surface area (Å²) in [5.41, 5.74) is 1.35. The van der Waals surface area contributed by atoms with Crippen LogP contribution < -0.4 is 4.74 Å². The third-order valence-corrected chi connectivity index (χ3v) is 6.69. The van der Waals surface area contributed by atoms with Crippen LogP contribution in [0.2, 0.25) is 0 Å². The number of ketones is 1. The number of hydrogen-bond donors (Lipinski definition) is 1. The average Bonchev–Trinajstić information content (AvgIpc) is 3.13. The maximum atomic E-state index is 13.9. The molecule has 0 aliphatic heterocycles. The van der Waals surface area contributed by atoms with Crippen molar-refractivity contribution in [2.75, 3.05) is 6.61 Å². The number of ether oxygens (including phenoxy) is 1. The van der Waals surface area contributed by atoms with Gasteiger partial charge in [-0.1, -0.05) is 36.2 Å². The highest BCUT2D eigenvalue weighted by molar-refractivity contribution is 9.11. The summed E-state index contributed by atoms with van der Waals surface area (Å²) < 4.78 is 12.6. The Morgan fingerprint density at radius 2 is 1.94 bits per heavy atom. The minimum Gasteiger partial charge on any atom is -0.480 e. The molecule has 2 aromatic carbocycles. The molecular weight excluding hydrogens is 562 g/mol. The van der Waals surface area contributed by atoms with Gasteiger partial charge in [-0.3, -0.25) is 14.9 Å². The topological polar surface area (TPSA) is 120 Å². The Morgan fingerprint density at radius 1 is 1.21 bits per heavy atom. The van der Waals surface area contributed by atoms with Crippen molar-refractivity contribution < 1.29 is 28.8 Å². The number of carbonyl (C=O) groups is 2. The highest BCUT2D eigenvalue weighted by Crippen LogP contribution is 2.41. The zero-order valence-corrected chi connectivity index (χ0v) is 21.1. The summed E-state index contributed by atoms with van der Waals surface area (Å²) in [6.45, 7) is 3.29. The first-order valence-corrected chi connectivity index (χ1v) is 11.9. The first-order chi connectivity index (χ1) is 15.7. The lowest BCUT2D eigenvalue weighted by Crippen LogP contribution is -2.14. The van der Waals surface area contributed by atoms with Gasteiger partial charge in [0.2, 0.25) is 5.78 Å². The van der Waals surface area contributed by atoms with Gasteiger partial charge in [0.1, 0.15) is 17.1 Å². The summed E-state index contributed by atoms with van der Waals surface area (Å²) in [6.07, 6.45) is 2.69. The number of carboxylic acids is 1. The molecular formula is C23H21Br2NO7. The van der Waals surface area contributed by atoms with Crippen LogP contribution in [0.25, 0.3) is 11.0 Å². The Labute approximate surface area is 206 Å². The second-order valence-corrected chi connectivity index (χ2v) is 8.98. The van der Waals surface area contributed by atoms with E-state index in [2.05, 4.69) is 31.9 Å². The van der Waals surface area contributed by atoms with Crippen molar-refractivity contribution >= 4 is 60.3 Å². The number of benzene rings is 2. The predicted octanol–water partition coefficient (Wildman–Crippen LogP) is 6.47. The fraction of sp³-hybridized carbons (Fsp3) is 0.304. The molecule has 3 aromatic rings. The van der Waals surface area contributed by atoms with E-state index in [-0.39, 0.29) is 22.6 Å². The van der Waals surface area contributed by atoms with Crippen molar-refractivity contribution in [1.82, 2.24) is 0 Å². The van der Waals surface area contributed by atoms with Crippen molar-refractivity contribution in [3.8, 4) is 5.75 Å². The van der Waals surface area contributed by atoms with Crippen LogP contribution in [0, 0.1) is 10.1 Å². The monoisotopic (exact) mass is 581 g/mol. The highest BCUT2D eigenvalue weighted by atomic mass is 79.9. The third kappa shape index (κ3) is 5.11. The van der Waals surface area contributed by atoms with Crippen molar-refractivity contribution in [2.24, 2.45) is 0 Å². The van der Waals surface area contributed by atoms with Gasteiger partial charge >= 0.3 is 5.97 Å². The Bertz CT molecular complexity index is 1250. The molecule has 174 valence electrons. The molecule has 0 atom stereocenters. The SMILES string of the molecule is CCCCc1oc2ccc([N+](=O)[O-])cc2c1C(=O)c1cc(Br)c(CC)c(Br)c1OCC(=O)O. The van der Waals surface area contributed by atoms with Crippen LogP contribution in [0.5, 0.6) is 5.75 Å². The number of hydrogen-bond acceptors (Lipinski definition) is 6. The lowest BCUT2D eigenvalue weighted by molar-refractivity contribution is -0.384. The molecule has 0 amide bonds. The summed E-state index contributed by atoms with van der Waals surface area (Å²) in [4.78, 5) is 35.8. The number of carbonyl (C=O) groups excluding carboxylic acids is 1. The van der Waals surface area contributed by atoms with Crippen LogP contribution in [0.15, 0.2) is 37.6 Å². The molecule has 0 radical (unpaired) electrons. The van der Waals surface area contributed by atoms with Gasteiger partial charge in [-0.15, -0.1) is 0 Å². The van der Waals surface area contributed by atoms with Crippen LogP contribution in [-0.4, -0.2) is 28.4 Å². The van der Waals surface area contributed by atoms with E-state index in [1.165, 1.54) is 18.2 Å². The van der Waals surface area contributed by atoms with Crippen LogP contribution in [0.3, 0.4) is 0 Å². The normalized spacial score (nSPS) is 11.0. The van der Waals surface area contributed by atoms with E-state index < -0.39 is 23.3 Å². The molecule has 0 unspecified atom stereocenters. The molecule has 0 saturated heterocycles. The number of nitrogens with zero attached hydrogens (tertiary/aromatic N) is 1. The Balaban J connectivity index is 2.27. The van der Waals surface area contributed by atoms with Crippen LogP contribution in [-0.2, 0) is 17.6 Å². The van der Waals surface area contributed by atoms with E-state index in [4.69, 9.17) is 14.3 Å². The molecule has 0 bridgehead atoms. The molecule has 1 heterocycles. The van der Waals surface area contributed by atoms with E-state index in [1.807, 2.05) is 13.8 Å². The molecule has 10 heteroatoms. The number of furan rings is 1. The van der Waals surface area contributed by atoms with Gasteiger partial charge < -0.3 is 14.3 Å². The Morgan fingerprint density at radius 3 is 2.55 bits per heavy atom. The van der Waals surface area contributed by atoms with Gasteiger partial charge in [0, 0.05) is 28.4 Å². The molecule has 0 fully saturated rings. The zero-order chi connectivity index (χ0) is 24.3. The maximum Gasteiger partial charge on any atom is 0.341 e. The number of nitro benzene ring substituents is 1.